The van der Waals surface area contributed by atoms with Gasteiger partial charge in [0.25, 0.3) is 0 Å². The van der Waals surface area contributed by atoms with Gasteiger partial charge in [-0.25, -0.2) is 0 Å². The number of hydrogen-bond donors (Lipinski definition) is 2. The average molecular weight is 889 g/mol. The van der Waals surface area contributed by atoms with Gasteiger partial charge in [0.05, 0.1) is 90.1 Å². The number of fused-ring (bicyclic) bond motifs is 4. The third kappa shape index (κ3) is 12.1. The lowest BCUT2D eigenvalue weighted by molar-refractivity contribution is -0.123. The highest BCUT2D eigenvalue weighted by molar-refractivity contribution is 6.02. The Morgan fingerprint density at radius 2 is 0.797 bits per heavy atom. The van der Waals surface area contributed by atoms with E-state index in [0.29, 0.717) is 166 Å². The van der Waals surface area contributed by atoms with E-state index in [-0.39, 0.29) is 11.8 Å². The number of carbonyl (C=O) groups is 2. The molecule has 2 atom stereocenters. The van der Waals surface area contributed by atoms with Crippen LogP contribution in [0, 0.1) is 0 Å². The predicted octanol–water partition coefficient (Wildman–Crippen LogP) is 7.35. The lowest BCUT2D eigenvalue weighted by atomic mass is 9.61. The molecule has 2 aliphatic heterocycles. The van der Waals surface area contributed by atoms with Crippen molar-refractivity contribution in [2.75, 3.05) is 116 Å². The van der Waals surface area contributed by atoms with Crippen LogP contribution in [0.2, 0.25) is 0 Å². The number of carbonyl (C=O) groups excluding carboxylic acids is 2. The van der Waals surface area contributed by atoms with Gasteiger partial charge >= 0.3 is 0 Å². The SMILES string of the molecule is CCC[C@]1(C(=O)Nc2ccc3c(c2)OCCOCCOCCOCCO3)CCCc2cc3c(cc21)[C@@](CCC)(C(=O)Nc1ccc2c(c1)OCCOCCOCCOCCO2)CCC3. The standard InChI is InChI=1S/C50H68N2O12/c1-3-13-49(47(53)51-39-9-11-43-45(34-39)63-31-27-59-23-19-55-17-21-57-25-29-61-43)15-5-7-37-33-38-8-6-16-50(14-4-2,42(38)36-41(37)49)48(54)52-40-10-12-44-46(35-40)64-32-28-60-24-20-56-18-22-58-26-30-62-44/h9-12,33-36H,3-8,13-32H2,1-2H3,(H,51,53)(H,52,54)/t49-,50-/m0/s1. The van der Waals surface area contributed by atoms with Gasteiger partial charge in [0, 0.05) is 23.5 Å². The van der Waals surface area contributed by atoms with Crippen LogP contribution >= 0.6 is 0 Å². The highest BCUT2D eigenvalue weighted by Gasteiger charge is 2.47. The molecule has 0 spiro atoms. The average Bonchev–Trinajstić information content (AvgIpc) is 3.31. The normalized spacial score (nSPS) is 23.0. The molecule has 2 N–H and O–H groups in total. The summed E-state index contributed by atoms with van der Waals surface area (Å²) in [6, 6.07) is 15.6. The molecule has 0 saturated heterocycles. The first-order valence-corrected chi connectivity index (χ1v) is 23.5. The number of amides is 2. The molecular formula is C50H68N2O12. The Morgan fingerprint density at radius 3 is 1.16 bits per heavy atom. The first kappa shape index (κ1) is 47.5. The molecule has 0 saturated carbocycles. The number of rotatable bonds is 8. The molecule has 0 radical (unpaired) electrons. The van der Waals surface area contributed by atoms with E-state index in [1.165, 1.54) is 11.1 Å². The molecule has 2 aliphatic carbocycles. The van der Waals surface area contributed by atoms with Crippen LogP contribution in [-0.2, 0) is 61.7 Å². The van der Waals surface area contributed by atoms with E-state index in [2.05, 4.69) is 36.6 Å². The van der Waals surface area contributed by atoms with E-state index in [1.54, 1.807) is 0 Å². The Kier molecular flexibility index (Phi) is 18.0. The first-order valence-electron chi connectivity index (χ1n) is 23.5. The molecule has 64 heavy (non-hydrogen) atoms. The molecule has 3 aromatic carbocycles. The molecule has 350 valence electrons. The van der Waals surface area contributed by atoms with Crippen molar-refractivity contribution in [2.24, 2.45) is 0 Å². The number of nitrogens with one attached hydrogen (secondary N) is 2. The number of aryl methyl sites for hydroxylation is 2. The second-order valence-corrected chi connectivity index (χ2v) is 16.8. The van der Waals surface area contributed by atoms with Gasteiger partial charge in [0.1, 0.15) is 26.4 Å². The monoisotopic (exact) mass is 888 g/mol. The van der Waals surface area contributed by atoms with Gasteiger partial charge in [-0.1, -0.05) is 38.8 Å². The summed E-state index contributed by atoms with van der Waals surface area (Å²) >= 11 is 0. The van der Waals surface area contributed by atoms with Gasteiger partial charge in [-0.2, -0.15) is 0 Å². The van der Waals surface area contributed by atoms with Crippen LogP contribution < -0.4 is 29.6 Å². The van der Waals surface area contributed by atoms with Crippen molar-refractivity contribution in [1.29, 1.82) is 0 Å². The van der Waals surface area contributed by atoms with E-state index < -0.39 is 10.8 Å². The third-order valence-corrected chi connectivity index (χ3v) is 12.5. The minimum absolute atomic E-state index is 0.0563. The fourth-order valence-corrected chi connectivity index (χ4v) is 9.57. The van der Waals surface area contributed by atoms with E-state index in [0.717, 1.165) is 49.7 Å². The Hall–Kier alpha value is -4.44. The molecule has 7 rings (SSSR count). The van der Waals surface area contributed by atoms with E-state index in [4.69, 9.17) is 47.4 Å². The highest BCUT2D eigenvalue weighted by atomic mass is 16.6. The molecule has 0 aromatic heterocycles. The molecular weight excluding hydrogens is 821 g/mol. The van der Waals surface area contributed by atoms with Crippen LogP contribution in [0.3, 0.4) is 0 Å². The summed E-state index contributed by atoms with van der Waals surface area (Å²) in [5.41, 5.74) is 4.13. The highest BCUT2D eigenvalue weighted by Crippen LogP contribution is 2.49. The lowest BCUT2D eigenvalue weighted by Gasteiger charge is -2.43. The van der Waals surface area contributed by atoms with Crippen molar-refractivity contribution in [3.63, 3.8) is 0 Å². The molecule has 3 aromatic rings. The molecule has 0 unspecified atom stereocenters. The number of ether oxygens (including phenoxy) is 10. The topological polar surface area (TPSA) is 150 Å². The van der Waals surface area contributed by atoms with Gasteiger partial charge in [-0.3, -0.25) is 9.59 Å². The van der Waals surface area contributed by atoms with Crippen LogP contribution in [-0.4, -0.2) is 118 Å². The zero-order valence-electron chi connectivity index (χ0n) is 37.9. The van der Waals surface area contributed by atoms with Crippen molar-refractivity contribution in [2.45, 2.75) is 88.9 Å². The molecule has 4 aliphatic rings. The molecule has 2 heterocycles. The summed E-state index contributed by atoms with van der Waals surface area (Å²) in [6.07, 6.45) is 7.95. The van der Waals surface area contributed by atoms with Crippen LogP contribution in [0.1, 0.15) is 87.5 Å². The summed E-state index contributed by atoms with van der Waals surface area (Å²) in [6.45, 7) is 11.0. The Balaban J connectivity index is 1.15. The van der Waals surface area contributed by atoms with Crippen LogP contribution in [0.5, 0.6) is 23.0 Å². The summed E-state index contributed by atoms with van der Waals surface area (Å²) < 4.78 is 58.2. The summed E-state index contributed by atoms with van der Waals surface area (Å²) in [4.78, 5) is 30.0. The lowest BCUT2D eigenvalue weighted by Crippen LogP contribution is -2.46. The molecule has 14 heteroatoms. The van der Waals surface area contributed by atoms with Gasteiger partial charge in [-0.05, 0) is 97.9 Å². The van der Waals surface area contributed by atoms with Gasteiger partial charge < -0.3 is 58.0 Å². The smallest absolute Gasteiger partial charge is 0.235 e. The van der Waals surface area contributed by atoms with Gasteiger partial charge in [-0.15, -0.1) is 0 Å². The number of anilines is 2. The first-order chi connectivity index (χ1) is 31.5. The van der Waals surface area contributed by atoms with Crippen LogP contribution in [0.25, 0.3) is 0 Å². The number of hydrogen-bond acceptors (Lipinski definition) is 12. The molecule has 14 nitrogen and oxygen atoms in total. The van der Waals surface area contributed by atoms with Gasteiger partial charge in [0.2, 0.25) is 11.8 Å². The zero-order chi connectivity index (χ0) is 44.5. The molecule has 2 amide bonds. The minimum Gasteiger partial charge on any atom is -0.487 e. The fourth-order valence-electron chi connectivity index (χ4n) is 9.57. The van der Waals surface area contributed by atoms with E-state index in [1.807, 2.05) is 36.4 Å². The van der Waals surface area contributed by atoms with Crippen LogP contribution in [0.15, 0.2) is 48.5 Å². The fraction of sp³-hybridized carbons (Fsp3) is 0.600. The molecule has 0 bridgehead atoms. The van der Waals surface area contributed by atoms with E-state index in [9.17, 15) is 9.59 Å². The van der Waals surface area contributed by atoms with Gasteiger partial charge in [0.15, 0.2) is 23.0 Å². The zero-order valence-corrected chi connectivity index (χ0v) is 37.9. The van der Waals surface area contributed by atoms with Crippen LogP contribution in [0.4, 0.5) is 11.4 Å². The maximum Gasteiger partial charge on any atom is 0.235 e. The second kappa shape index (κ2) is 24.2. The Bertz CT molecular complexity index is 1840. The van der Waals surface area contributed by atoms with Crippen molar-refractivity contribution >= 4 is 23.2 Å². The third-order valence-electron chi connectivity index (χ3n) is 12.5. The Labute approximate surface area is 378 Å². The second-order valence-electron chi connectivity index (χ2n) is 16.8. The summed E-state index contributed by atoms with van der Waals surface area (Å²) in [5, 5.41) is 6.62. The van der Waals surface area contributed by atoms with Crippen molar-refractivity contribution in [3.8, 4) is 23.0 Å². The maximum absolute atomic E-state index is 15.0. The Morgan fingerprint density at radius 1 is 0.453 bits per heavy atom. The van der Waals surface area contributed by atoms with Crippen molar-refractivity contribution < 1.29 is 57.0 Å². The van der Waals surface area contributed by atoms with E-state index >= 15 is 0 Å². The predicted molar refractivity (Wildman–Crippen MR) is 243 cm³/mol. The number of benzene rings is 3. The molecule has 0 fully saturated rings. The van der Waals surface area contributed by atoms with Crippen molar-refractivity contribution in [3.05, 3.63) is 70.8 Å². The minimum atomic E-state index is -0.791. The largest absolute Gasteiger partial charge is 0.487 e. The summed E-state index contributed by atoms with van der Waals surface area (Å²) in [5.74, 6) is 2.06. The summed E-state index contributed by atoms with van der Waals surface area (Å²) in [7, 11) is 0. The maximum atomic E-state index is 15.0. The quantitative estimate of drug-likeness (QED) is 0.233. The van der Waals surface area contributed by atoms with Crippen molar-refractivity contribution in [1.82, 2.24) is 0 Å².